The van der Waals surface area contributed by atoms with E-state index in [9.17, 15) is 9.59 Å². The number of nitrogens with one attached hydrogen (secondary N) is 1. The quantitative estimate of drug-likeness (QED) is 0.799. The van der Waals surface area contributed by atoms with E-state index in [1.165, 1.54) is 4.90 Å². The van der Waals surface area contributed by atoms with E-state index in [4.69, 9.17) is 0 Å². The van der Waals surface area contributed by atoms with Gasteiger partial charge in [-0.2, -0.15) is 0 Å². The van der Waals surface area contributed by atoms with Crippen LogP contribution < -0.4 is 10.2 Å². The minimum atomic E-state index is -0.165. The molecule has 1 N–H and O–H groups in total. The second-order valence-corrected chi connectivity index (χ2v) is 3.95. The van der Waals surface area contributed by atoms with Crippen LogP contribution in [0.3, 0.4) is 0 Å². The molecule has 90 valence electrons. The summed E-state index contributed by atoms with van der Waals surface area (Å²) in [7, 11) is 1.72. The van der Waals surface area contributed by atoms with Gasteiger partial charge in [0, 0.05) is 13.6 Å². The van der Waals surface area contributed by atoms with E-state index in [0.29, 0.717) is 12.2 Å². The van der Waals surface area contributed by atoms with E-state index in [1.54, 1.807) is 18.0 Å². The summed E-state index contributed by atoms with van der Waals surface area (Å²) in [5, 5.41) is 2.75. The molecule has 0 atom stereocenters. The van der Waals surface area contributed by atoms with E-state index < -0.39 is 0 Å². The second-order valence-electron chi connectivity index (χ2n) is 3.95. The van der Waals surface area contributed by atoms with Crippen LogP contribution in [0.2, 0.25) is 0 Å². The number of carbonyl (C=O) groups excluding carboxylic acids is 2. The van der Waals surface area contributed by atoms with Crippen LogP contribution in [0.15, 0.2) is 24.3 Å². The fraction of sp³-hybridized carbons (Fsp3) is 0.333. The number of carbonyl (C=O) groups is 2. The van der Waals surface area contributed by atoms with Crippen LogP contribution in [-0.4, -0.2) is 37.0 Å². The molecule has 1 heterocycles. The molecule has 0 spiro atoms. The first kappa shape index (κ1) is 11.4. The minimum Gasteiger partial charge on any atom is -0.328 e. The molecule has 0 aliphatic carbocycles. The molecular formula is C12H15N3O2. The molecule has 0 fully saturated rings. The molecular weight excluding hydrogens is 218 g/mol. The number of benzene rings is 1. The van der Waals surface area contributed by atoms with Crippen LogP contribution in [0.25, 0.3) is 0 Å². The minimum absolute atomic E-state index is 0.0696. The number of fused-ring (bicyclic) bond motifs is 1. The first-order valence-electron chi connectivity index (χ1n) is 5.55. The van der Waals surface area contributed by atoms with E-state index >= 15 is 0 Å². The molecule has 0 bridgehead atoms. The summed E-state index contributed by atoms with van der Waals surface area (Å²) in [4.78, 5) is 26.7. The molecule has 1 aliphatic rings. The van der Waals surface area contributed by atoms with Crippen LogP contribution in [0.5, 0.6) is 0 Å². The summed E-state index contributed by atoms with van der Waals surface area (Å²) in [6.07, 6.45) is 0. The lowest BCUT2D eigenvalue weighted by atomic mass is 10.2. The van der Waals surface area contributed by atoms with Crippen molar-refractivity contribution in [3.05, 3.63) is 24.3 Å². The Morgan fingerprint density at radius 3 is 2.88 bits per heavy atom. The zero-order valence-electron chi connectivity index (χ0n) is 9.93. The second kappa shape index (κ2) is 4.45. The molecule has 0 unspecified atom stereocenters. The molecule has 1 aromatic carbocycles. The van der Waals surface area contributed by atoms with Crippen molar-refractivity contribution in [1.29, 1.82) is 0 Å². The van der Waals surface area contributed by atoms with Crippen molar-refractivity contribution in [2.75, 3.05) is 30.4 Å². The Morgan fingerprint density at radius 1 is 1.47 bits per heavy atom. The fourth-order valence-corrected chi connectivity index (χ4v) is 1.75. The van der Waals surface area contributed by atoms with Crippen molar-refractivity contribution in [2.24, 2.45) is 0 Å². The molecule has 0 aromatic heterocycles. The molecule has 3 amide bonds. The predicted molar refractivity (Wildman–Crippen MR) is 66.1 cm³/mol. The monoisotopic (exact) mass is 233 g/mol. The Kier molecular flexibility index (Phi) is 2.99. The first-order valence-corrected chi connectivity index (χ1v) is 5.55. The van der Waals surface area contributed by atoms with Gasteiger partial charge in [-0.1, -0.05) is 12.1 Å². The predicted octanol–water partition coefficient (Wildman–Crippen LogP) is 1.52. The Labute approximate surface area is 100 Å². The van der Waals surface area contributed by atoms with Gasteiger partial charge in [0.2, 0.25) is 5.91 Å². The third-order valence-electron chi connectivity index (χ3n) is 2.80. The summed E-state index contributed by atoms with van der Waals surface area (Å²) in [5.41, 5.74) is 1.43. The van der Waals surface area contributed by atoms with Gasteiger partial charge in [-0.3, -0.25) is 9.69 Å². The van der Waals surface area contributed by atoms with E-state index in [1.807, 2.05) is 25.1 Å². The molecule has 5 heteroatoms. The summed E-state index contributed by atoms with van der Waals surface area (Å²) in [6.45, 7) is 2.58. The number of hydrogen-bond acceptors (Lipinski definition) is 2. The molecule has 1 aliphatic heterocycles. The summed E-state index contributed by atoms with van der Waals surface area (Å²) >= 11 is 0. The van der Waals surface area contributed by atoms with Gasteiger partial charge in [0.1, 0.15) is 6.54 Å². The summed E-state index contributed by atoms with van der Waals surface area (Å²) in [6, 6.07) is 7.14. The lowest BCUT2D eigenvalue weighted by Gasteiger charge is -2.31. The average Bonchev–Trinajstić information content (AvgIpc) is 2.35. The van der Waals surface area contributed by atoms with Gasteiger partial charge in [0.15, 0.2) is 0 Å². The van der Waals surface area contributed by atoms with Crippen molar-refractivity contribution in [2.45, 2.75) is 6.92 Å². The summed E-state index contributed by atoms with van der Waals surface area (Å²) < 4.78 is 0. The van der Waals surface area contributed by atoms with Gasteiger partial charge in [-0.25, -0.2) is 4.79 Å². The van der Waals surface area contributed by atoms with Gasteiger partial charge in [0.25, 0.3) is 0 Å². The number of amides is 3. The van der Waals surface area contributed by atoms with Crippen molar-refractivity contribution in [3.63, 3.8) is 0 Å². The molecule has 0 radical (unpaired) electrons. The maximum Gasteiger partial charge on any atom is 0.324 e. The highest BCUT2D eigenvalue weighted by Gasteiger charge is 2.27. The average molecular weight is 233 g/mol. The molecule has 0 saturated heterocycles. The third kappa shape index (κ3) is 2.08. The normalized spacial score (nSPS) is 14.0. The largest absolute Gasteiger partial charge is 0.328 e. The van der Waals surface area contributed by atoms with Crippen LogP contribution in [-0.2, 0) is 4.79 Å². The molecule has 2 rings (SSSR count). The fourth-order valence-electron chi connectivity index (χ4n) is 1.75. The van der Waals surface area contributed by atoms with E-state index in [0.717, 1.165) is 5.69 Å². The van der Waals surface area contributed by atoms with Crippen LogP contribution in [0.1, 0.15) is 6.92 Å². The summed E-state index contributed by atoms with van der Waals surface area (Å²) in [5.74, 6) is -0.165. The van der Waals surface area contributed by atoms with Gasteiger partial charge in [-0.05, 0) is 19.1 Å². The van der Waals surface area contributed by atoms with Crippen molar-refractivity contribution < 1.29 is 9.59 Å². The number of hydrogen-bond donors (Lipinski definition) is 1. The molecule has 0 saturated carbocycles. The number of rotatable bonds is 1. The Balaban J connectivity index is 2.36. The van der Waals surface area contributed by atoms with Gasteiger partial charge >= 0.3 is 6.03 Å². The SMILES string of the molecule is CCN(C)C(=O)N1CC(=O)Nc2ccccc21. The van der Waals surface area contributed by atoms with Crippen molar-refractivity contribution in [3.8, 4) is 0 Å². The lowest BCUT2D eigenvalue weighted by molar-refractivity contribution is -0.115. The maximum atomic E-state index is 12.1. The third-order valence-corrected chi connectivity index (χ3v) is 2.80. The lowest BCUT2D eigenvalue weighted by Crippen LogP contribution is -2.47. The molecule has 1 aromatic rings. The van der Waals surface area contributed by atoms with Gasteiger partial charge in [-0.15, -0.1) is 0 Å². The van der Waals surface area contributed by atoms with Crippen LogP contribution >= 0.6 is 0 Å². The zero-order chi connectivity index (χ0) is 12.4. The van der Waals surface area contributed by atoms with Gasteiger partial charge < -0.3 is 10.2 Å². The standard InChI is InChI=1S/C12H15N3O2/c1-3-14(2)12(17)15-8-11(16)13-9-6-4-5-7-10(9)15/h4-7H,3,8H2,1-2H3,(H,13,16). The van der Waals surface area contributed by atoms with E-state index in [-0.39, 0.29) is 18.5 Å². The highest BCUT2D eigenvalue weighted by Crippen LogP contribution is 2.29. The Morgan fingerprint density at radius 2 is 2.18 bits per heavy atom. The number of para-hydroxylation sites is 2. The zero-order valence-corrected chi connectivity index (χ0v) is 9.93. The van der Waals surface area contributed by atoms with Crippen LogP contribution in [0, 0.1) is 0 Å². The number of nitrogens with zero attached hydrogens (tertiary/aromatic N) is 2. The number of anilines is 2. The maximum absolute atomic E-state index is 12.1. The molecule has 17 heavy (non-hydrogen) atoms. The van der Waals surface area contributed by atoms with Crippen LogP contribution in [0.4, 0.5) is 16.2 Å². The molecule has 5 nitrogen and oxygen atoms in total. The van der Waals surface area contributed by atoms with Gasteiger partial charge in [0.05, 0.1) is 11.4 Å². The highest BCUT2D eigenvalue weighted by molar-refractivity contribution is 6.09. The van der Waals surface area contributed by atoms with Crippen molar-refractivity contribution in [1.82, 2.24) is 4.90 Å². The Hall–Kier alpha value is -2.04. The number of urea groups is 1. The topological polar surface area (TPSA) is 52.7 Å². The van der Waals surface area contributed by atoms with E-state index in [2.05, 4.69) is 5.32 Å². The smallest absolute Gasteiger partial charge is 0.324 e. The first-order chi connectivity index (χ1) is 8.13. The van der Waals surface area contributed by atoms with Crippen molar-refractivity contribution >= 4 is 23.3 Å². The highest BCUT2D eigenvalue weighted by atomic mass is 16.2. The Bertz CT molecular complexity index is 459.